The highest BCUT2D eigenvalue weighted by atomic mass is 16.4. The van der Waals surface area contributed by atoms with E-state index in [0.717, 1.165) is 5.69 Å². The van der Waals surface area contributed by atoms with E-state index in [9.17, 15) is 4.79 Å². The van der Waals surface area contributed by atoms with Gasteiger partial charge in [0.1, 0.15) is 0 Å². The first kappa shape index (κ1) is 8.77. The fraction of sp³-hybridized carbons (Fsp3) is 0.500. The van der Waals surface area contributed by atoms with E-state index in [1.54, 1.807) is 17.8 Å². The topological polar surface area (TPSA) is 55.1 Å². The van der Waals surface area contributed by atoms with Gasteiger partial charge in [-0.3, -0.25) is 9.48 Å². The van der Waals surface area contributed by atoms with Crippen LogP contribution in [0.4, 0.5) is 0 Å². The third-order valence-electron chi connectivity index (χ3n) is 1.66. The maximum absolute atomic E-state index is 10.5. The molecule has 0 aliphatic heterocycles. The van der Waals surface area contributed by atoms with Crippen LogP contribution >= 0.6 is 0 Å². The summed E-state index contributed by atoms with van der Waals surface area (Å²) in [5, 5.41) is 12.7. The number of carboxylic acid groups (broad SMARTS) is 1. The van der Waals surface area contributed by atoms with E-state index in [1.807, 2.05) is 13.0 Å². The summed E-state index contributed by atoms with van der Waals surface area (Å²) in [5.41, 5.74) is 0.910. The first-order chi connectivity index (χ1) is 5.59. The molecule has 0 saturated heterocycles. The molecular formula is C8H12N2O2. The Morgan fingerprint density at radius 1 is 1.83 bits per heavy atom. The maximum atomic E-state index is 10.5. The Bertz CT molecular complexity index is 280. The van der Waals surface area contributed by atoms with Crippen LogP contribution in [0.15, 0.2) is 12.3 Å². The van der Waals surface area contributed by atoms with E-state index < -0.39 is 5.97 Å². The molecule has 0 aliphatic carbocycles. The molecule has 0 aliphatic rings. The monoisotopic (exact) mass is 168 g/mol. The zero-order valence-corrected chi connectivity index (χ0v) is 7.19. The fourth-order valence-electron chi connectivity index (χ4n) is 0.924. The van der Waals surface area contributed by atoms with E-state index >= 15 is 0 Å². The number of aliphatic carboxylic acids is 1. The Morgan fingerprint density at radius 2 is 2.50 bits per heavy atom. The lowest BCUT2D eigenvalue weighted by Gasteiger charge is -2.04. The summed E-state index contributed by atoms with van der Waals surface area (Å²) in [6, 6.07) is 1.86. The standard InChI is InChI=1S/C8H12N2O2/c1-6(8(11)12)5-10-4-3-7(2)9-10/h3-4,6H,5H2,1-2H3,(H,11,12)/t6-/m0/s1. The number of carbonyl (C=O) groups is 1. The summed E-state index contributed by atoms with van der Waals surface area (Å²) in [6.45, 7) is 3.98. The van der Waals surface area contributed by atoms with Gasteiger partial charge < -0.3 is 5.11 Å². The van der Waals surface area contributed by atoms with Crippen molar-refractivity contribution in [1.82, 2.24) is 9.78 Å². The summed E-state index contributed by atoms with van der Waals surface area (Å²) < 4.78 is 1.65. The average molecular weight is 168 g/mol. The lowest BCUT2D eigenvalue weighted by molar-refractivity contribution is -0.141. The van der Waals surface area contributed by atoms with Gasteiger partial charge in [0.2, 0.25) is 0 Å². The minimum absolute atomic E-state index is 0.385. The van der Waals surface area contributed by atoms with Gasteiger partial charge in [-0.1, -0.05) is 6.92 Å². The van der Waals surface area contributed by atoms with Gasteiger partial charge in [0, 0.05) is 6.20 Å². The molecule has 1 aromatic rings. The van der Waals surface area contributed by atoms with Crippen molar-refractivity contribution >= 4 is 5.97 Å². The lowest BCUT2D eigenvalue weighted by atomic mass is 10.2. The van der Waals surface area contributed by atoms with Crippen molar-refractivity contribution in [2.24, 2.45) is 5.92 Å². The van der Waals surface area contributed by atoms with E-state index in [0.29, 0.717) is 6.54 Å². The molecular weight excluding hydrogens is 156 g/mol. The molecule has 0 fully saturated rings. The Labute approximate surface area is 70.8 Å². The lowest BCUT2D eigenvalue weighted by Crippen LogP contribution is -2.16. The molecule has 0 aromatic carbocycles. The van der Waals surface area contributed by atoms with Crippen LogP contribution in [0.2, 0.25) is 0 Å². The van der Waals surface area contributed by atoms with Crippen LogP contribution in [0, 0.1) is 12.8 Å². The first-order valence-electron chi connectivity index (χ1n) is 3.82. The fourth-order valence-corrected chi connectivity index (χ4v) is 0.924. The summed E-state index contributed by atoms with van der Waals surface area (Å²) in [4.78, 5) is 10.5. The normalized spacial score (nSPS) is 12.8. The highest BCUT2D eigenvalue weighted by Crippen LogP contribution is 2.00. The molecule has 4 nitrogen and oxygen atoms in total. The van der Waals surface area contributed by atoms with Crippen LogP contribution in [0.3, 0.4) is 0 Å². The molecule has 0 saturated carbocycles. The molecule has 0 unspecified atom stereocenters. The van der Waals surface area contributed by atoms with E-state index in [1.165, 1.54) is 0 Å². The quantitative estimate of drug-likeness (QED) is 0.729. The molecule has 0 spiro atoms. The molecule has 0 amide bonds. The van der Waals surface area contributed by atoms with Crippen molar-refractivity contribution in [2.75, 3.05) is 0 Å². The van der Waals surface area contributed by atoms with Gasteiger partial charge in [0.05, 0.1) is 18.2 Å². The zero-order valence-electron chi connectivity index (χ0n) is 7.19. The summed E-state index contributed by atoms with van der Waals surface area (Å²) in [5.74, 6) is -1.17. The van der Waals surface area contributed by atoms with Gasteiger partial charge in [-0.05, 0) is 13.0 Å². The number of nitrogens with zero attached hydrogens (tertiary/aromatic N) is 2. The highest BCUT2D eigenvalue weighted by Gasteiger charge is 2.11. The van der Waals surface area contributed by atoms with Crippen LogP contribution < -0.4 is 0 Å². The minimum Gasteiger partial charge on any atom is -0.481 e. The van der Waals surface area contributed by atoms with Gasteiger partial charge in [-0.2, -0.15) is 5.10 Å². The van der Waals surface area contributed by atoms with Crippen LogP contribution in [0.1, 0.15) is 12.6 Å². The van der Waals surface area contributed by atoms with E-state index in [4.69, 9.17) is 5.11 Å². The van der Waals surface area contributed by atoms with Gasteiger partial charge in [0.25, 0.3) is 0 Å². The smallest absolute Gasteiger partial charge is 0.308 e. The molecule has 0 radical (unpaired) electrons. The molecule has 1 N–H and O–H groups in total. The Kier molecular flexibility index (Phi) is 2.47. The maximum Gasteiger partial charge on any atom is 0.308 e. The van der Waals surface area contributed by atoms with Crippen LogP contribution in [0.25, 0.3) is 0 Å². The third-order valence-corrected chi connectivity index (χ3v) is 1.66. The molecule has 4 heteroatoms. The third kappa shape index (κ3) is 2.08. The van der Waals surface area contributed by atoms with Crippen molar-refractivity contribution < 1.29 is 9.90 Å². The molecule has 1 atom stereocenters. The zero-order chi connectivity index (χ0) is 9.14. The second kappa shape index (κ2) is 3.38. The Hall–Kier alpha value is -1.32. The summed E-state index contributed by atoms with van der Waals surface area (Å²) in [7, 11) is 0. The largest absolute Gasteiger partial charge is 0.481 e. The summed E-state index contributed by atoms with van der Waals surface area (Å²) >= 11 is 0. The molecule has 1 heterocycles. The average Bonchev–Trinajstić information content (AvgIpc) is 2.35. The second-order valence-corrected chi connectivity index (χ2v) is 2.92. The van der Waals surface area contributed by atoms with Crippen molar-refractivity contribution in [3.8, 4) is 0 Å². The van der Waals surface area contributed by atoms with Gasteiger partial charge >= 0.3 is 5.97 Å². The van der Waals surface area contributed by atoms with Crippen molar-refractivity contribution in [3.05, 3.63) is 18.0 Å². The predicted molar refractivity (Wildman–Crippen MR) is 43.8 cm³/mol. The van der Waals surface area contributed by atoms with Gasteiger partial charge in [-0.15, -0.1) is 0 Å². The Balaban J connectivity index is 2.58. The number of aryl methyl sites for hydroxylation is 1. The molecule has 12 heavy (non-hydrogen) atoms. The van der Waals surface area contributed by atoms with Crippen LogP contribution in [-0.2, 0) is 11.3 Å². The molecule has 66 valence electrons. The Morgan fingerprint density at radius 3 is 2.92 bits per heavy atom. The first-order valence-corrected chi connectivity index (χ1v) is 3.82. The van der Waals surface area contributed by atoms with Crippen LogP contribution in [0.5, 0.6) is 0 Å². The highest BCUT2D eigenvalue weighted by molar-refractivity contribution is 5.69. The van der Waals surface area contributed by atoms with Crippen molar-refractivity contribution in [1.29, 1.82) is 0 Å². The summed E-state index contributed by atoms with van der Waals surface area (Å²) in [6.07, 6.45) is 1.79. The van der Waals surface area contributed by atoms with Crippen molar-refractivity contribution in [2.45, 2.75) is 20.4 Å². The van der Waals surface area contributed by atoms with Gasteiger partial charge in [0.15, 0.2) is 0 Å². The number of carboxylic acids is 1. The van der Waals surface area contributed by atoms with Crippen LogP contribution in [-0.4, -0.2) is 20.9 Å². The predicted octanol–water partition coefficient (Wildman–Crippen LogP) is 0.912. The number of hydrogen-bond acceptors (Lipinski definition) is 2. The number of aromatic nitrogens is 2. The SMILES string of the molecule is Cc1ccn(C[C@H](C)C(=O)O)n1. The number of rotatable bonds is 3. The molecule has 1 aromatic heterocycles. The van der Waals surface area contributed by atoms with E-state index in [-0.39, 0.29) is 5.92 Å². The molecule has 1 rings (SSSR count). The van der Waals surface area contributed by atoms with Crippen molar-refractivity contribution in [3.63, 3.8) is 0 Å². The minimum atomic E-state index is -0.789. The molecule has 0 bridgehead atoms. The number of hydrogen-bond donors (Lipinski definition) is 1. The second-order valence-electron chi connectivity index (χ2n) is 2.92. The van der Waals surface area contributed by atoms with E-state index in [2.05, 4.69) is 5.10 Å². The van der Waals surface area contributed by atoms with Gasteiger partial charge in [-0.25, -0.2) is 0 Å².